The van der Waals surface area contributed by atoms with Crippen LogP contribution >= 0.6 is 11.6 Å². The maximum Gasteiger partial charge on any atom is 0.312 e. The fraction of sp³-hybridized carbons (Fsp3) is 0.368. The molecule has 0 spiro atoms. The number of nitrogens with one attached hydrogen (secondary N) is 2. The van der Waals surface area contributed by atoms with Crippen molar-refractivity contribution in [3.05, 3.63) is 47.1 Å². The summed E-state index contributed by atoms with van der Waals surface area (Å²) in [5.74, 6) is -0.660. The predicted octanol–water partition coefficient (Wildman–Crippen LogP) is 2.79. The van der Waals surface area contributed by atoms with Gasteiger partial charge >= 0.3 is 12.0 Å². The van der Waals surface area contributed by atoms with Crippen LogP contribution in [-0.2, 0) is 14.3 Å². The molecule has 2 atom stereocenters. The topological polar surface area (TPSA) is 128 Å². The number of amides is 3. The van der Waals surface area contributed by atoms with Crippen molar-refractivity contribution in [2.75, 3.05) is 5.32 Å². The van der Waals surface area contributed by atoms with Crippen LogP contribution in [0.5, 0.6) is 0 Å². The van der Waals surface area contributed by atoms with Crippen LogP contribution in [0, 0.1) is 0 Å². The van der Waals surface area contributed by atoms with E-state index in [4.69, 9.17) is 22.1 Å². The van der Waals surface area contributed by atoms with Gasteiger partial charge in [0.05, 0.1) is 18.7 Å². The third kappa shape index (κ3) is 6.49. The maximum absolute atomic E-state index is 12.4. The molecule has 1 aromatic carbocycles. The molecule has 0 fully saturated rings. The number of aromatic nitrogens is 2. The highest BCUT2D eigenvalue weighted by Crippen LogP contribution is 2.20. The van der Waals surface area contributed by atoms with Crippen LogP contribution in [0.15, 0.2) is 36.5 Å². The van der Waals surface area contributed by atoms with E-state index in [0.717, 1.165) is 0 Å². The molecule has 0 saturated carbocycles. The predicted molar refractivity (Wildman–Crippen MR) is 108 cm³/mol. The summed E-state index contributed by atoms with van der Waals surface area (Å²) in [5, 5.41) is 9.81. The molecular weight excluding hydrogens is 398 g/mol. The number of hydrogen-bond donors (Lipinski definition) is 3. The Morgan fingerprint density at radius 3 is 2.41 bits per heavy atom. The summed E-state index contributed by atoms with van der Waals surface area (Å²) >= 11 is 5.87. The van der Waals surface area contributed by atoms with Crippen molar-refractivity contribution >= 4 is 35.3 Å². The number of carbonyl (C=O) groups is 3. The molecule has 156 valence electrons. The Morgan fingerprint density at radius 1 is 1.17 bits per heavy atom. The quantitative estimate of drug-likeness (QED) is 0.564. The summed E-state index contributed by atoms with van der Waals surface area (Å²) in [7, 11) is 0. The van der Waals surface area contributed by atoms with Crippen LogP contribution < -0.4 is 16.4 Å². The zero-order valence-corrected chi connectivity index (χ0v) is 17.1. The highest BCUT2D eigenvalue weighted by Gasteiger charge is 2.23. The molecule has 2 aromatic rings. The van der Waals surface area contributed by atoms with Gasteiger partial charge in [-0.15, -0.1) is 0 Å². The van der Waals surface area contributed by atoms with E-state index in [1.54, 1.807) is 41.2 Å². The number of nitrogens with zero attached hydrogens (tertiary/aromatic N) is 2. The minimum atomic E-state index is -1.04. The molecule has 9 nitrogen and oxygen atoms in total. The number of primary amides is 1. The number of benzene rings is 1. The van der Waals surface area contributed by atoms with E-state index < -0.39 is 30.1 Å². The van der Waals surface area contributed by atoms with E-state index >= 15 is 0 Å². The molecule has 0 radical (unpaired) electrons. The van der Waals surface area contributed by atoms with Gasteiger partial charge in [-0.3, -0.25) is 9.59 Å². The Morgan fingerprint density at radius 2 is 1.83 bits per heavy atom. The number of urea groups is 1. The monoisotopic (exact) mass is 421 g/mol. The third-order valence-corrected chi connectivity index (χ3v) is 4.30. The molecule has 1 heterocycles. The highest BCUT2D eigenvalue weighted by molar-refractivity contribution is 6.30. The average molecular weight is 422 g/mol. The number of nitrogens with two attached hydrogens (primary N) is 1. The molecule has 10 heteroatoms. The molecule has 1 aromatic heterocycles. The average Bonchev–Trinajstić information content (AvgIpc) is 3.09. The van der Waals surface area contributed by atoms with Crippen LogP contribution in [0.3, 0.4) is 0 Å². The maximum atomic E-state index is 12.4. The third-order valence-electron chi connectivity index (χ3n) is 4.05. The SMILES string of the molecule is CC(C)n1nccc1NC(=O)[C@@H](C)OC(=O)C[C@@H](NC(N)=O)c1ccc(Cl)cc1. The highest BCUT2D eigenvalue weighted by atomic mass is 35.5. The summed E-state index contributed by atoms with van der Waals surface area (Å²) in [6.07, 6.45) is 0.322. The van der Waals surface area contributed by atoms with Crippen molar-refractivity contribution in [1.29, 1.82) is 0 Å². The minimum Gasteiger partial charge on any atom is -0.452 e. The second-order valence-corrected chi connectivity index (χ2v) is 7.13. The number of hydrogen-bond acceptors (Lipinski definition) is 5. The standard InChI is InChI=1S/C19H24ClN5O4/c1-11(2)25-16(8-9-22-25)24-18(27)12(3)29-17(26)10-15(23-19(21)28)13-4-6-14(20)7-5-13/h4-9,11-12,15H,10H2,1-3H3,(H,24,27)(H3,21,23,28)/t12-,15-/m1/s1. The van der Waals surface area contributed by atoms with E-state index in [1.165, 1.54) is 6.92 Å². The van der Waals surface area contributed by atoms with Crippen molar-refractivity contribution in [2.45, 2.75) is 45.4 Å². The molecule has 0 aliphatic rings. The molecule has 0 saturated heterocycles. The molecule has 0 unspecified atom stereocenters. The second kappa shape index (κ2) is 9.92. The Balaban J connectivity index is 1.99. The van der Waals surface area contributed by atoms with Crippen molar-refractivity contribution in [3.8, 4) is 0 Å². The van der Waals surface area contributed by atoms with E-state index in [0.29, 0.717) is 16.4 Å². The van der Waals surface area contributed by atoms with E-state index in [2.05, 4.69) is 15.7 Å². The molecule has 3 amide bonds. The first-order chi connectivity index (χ1) is 13.7. The van der Waals surface area contributed by atoms with Gasteiger partial charge in [0.2, 0.25) is 0 Å². The first-order valence-electron chi connectivity index (χ1n) is 9.02. The van der Waals surface area contributed by atoms with Crippen molar-refractivity contribution in [3.63, 3.8) is 0 Å². The van der Waals surface area contributed by atoms with Crippen LogP contribution in [-0.4, -0.2) is 33.8 Å². The van der Waals surface area contributed by atoms with E-state index in [-0.39, 0.29) is 12.5 Å². The van der Waals surface area contributed by atoms with Crippen LogP contribution in [0.2, 0.25) is 5.02 Å². The van der Waals surface area contributed by atoms with Gasteiger partial charge in [0.15, 0.2) is 6.10 Å². The van der Waals surface area contributed by atoms with Gasteiger partial charge in [0.1, 0.15) is 5.82 Å². The van der Waals surface area contributed by atoms with Gasteiger partial charge in [-0.25, -0.2) is 9.48 Å². The number of ether oxygens (including phenoxy) is 1. The number of anilines is 1. The lowest BCUT2D eigenvalue weighted by molar-refractivity contribution is -0.153. The largest absolute Gasteiger partial charge is 0.452 e. The Kier molecular flexibility index (Phi) is 7.60. The van der Waals surface area contributed by atoms with Gasteiger partial charge in [-0.1, -0.05) is 23.7 Å². The zero-order valence-electron chi connectivity index (χ0n) is 16.4. The lowest BCUT2D eigenvalue weighted by atomic mass is 10.0. The van der Waals surface area contributed by atoms with Gasteiger partial charge in [-0.2, -0.15) is 5.10 Å². The summed E-state index contributed by atoms with van der Waals surface area (Å²) in [6, 6.07) is 6.80. The zero-order chi connectivity index (χ0) is 21.6. The van der Waals surface area contributed by atoms with E-state index in [9.17, 15) is 14.4 Å². The molecule has 0 aliphatic heterocycles. The Hall–Kier alpha value is -3.07. The number of carbonyl (C=O) groups excluding carboxylic acids is 3. The molecule has 2 rings (SSSR count). The fourth-order valence-electron chi connectivity index (χ4n) is 2.64. The summed E-state index contributed by atoms with van der Waals surface area (Å²) in [5.41, 5.74) is 5.83. The van der Waals surface area contributed by atoms with Crippen LogP contribution in [0.1, 0.15) is 44.8 Å². The van der Waals surface area contributed by atoms with Crippen molar-refractivity contribution < 1.29 is 19.1 Å². The number of rotatable bonds is 8. The van der Waals surface area contributed by atoms with Gasteiger partial charge in [-0.05, 0) is 38.5 Å². The lowest BCUT2D eigenvalue weighted by Gasteiger charge is -2.19. The Bertz CT molecular complexity index is 866. The molecule has 0 aliphatic carbocycles. The van der Waals surface area contributed by atoms with E-state index in [1.807, 2.05) is 13.8 Å². The summed E-state index contributed by atoms with van der Waals surface area (Å²) in [4.78, 5) is 36.0. The smallest absolute Gasteiger partial charge is 0.312 e. The van der Waals surface area contributed by atoms with Crippen LogP contribution in [0.25, 0.3) is 0 Å². The Labute approximate surface area is 173 Å². The molecular formula is C19H24ClN5O4. The van der Waals surface area contributed by atoms with Crippen LogP contribution in [0.4, 0.5) is 10.6 Å². The van der Waals surface area contributed by atoms with Gasteiger partial charge in [0, 0.05) is 17.1 Å². The number of esters is 1. The summed E-state index contributed by atoms with van der Waals surface area (Å²) < 4.78 is 6.86. The normalized spacial score (nSPS) is 12.9. The van der Waals surface area contributed by atoms with Gasteiger partial charge in [0.25, 0.3) is 5.91 Å². The number of halogens is 1. The summed E-state index contributed by atoms with van der Waals surface area (Å²) in [6.45, 7) is 5.31. The fourth-order valence-corrected chi connectivity index (χ4v) is 2.76. The minimum absolute atomic E-state index is 0.0539. The molecule has 29 heavy (non-hydrogen) atoms. The second-order valence-electron chi connectivity index (χ2n) is 6.69. The molecule has 0 bridgehead atoms. The van der Waals surface area contributed by atoms with Crippen molar-refractivity contribution in [1.82, 2.24) is 15.1 Å². The molecule has 4 N–H and O–H groups in total. The van der Waals surface area contributed by atoms with Gasteiger partial charge < -0.3 is 21.1 Å². The van der Waals surface area contributed by atoms with Crippen molar-refractivity contribution in [2.24, 2.45) is 5.73 Å². The first kappa shape index (κ1) is 22.2. The first-order valence-corrected chi connectivity index (χ1v) is 9.40. The lowest BCUT2D eigenvalue weighted by Crippen LogP contribution is -2.36.